The van der Waals surface area contributed by atoms with Crippen LogP contribution in [0, 0.1) is 12.8 Å². The molecular formula is C19H24N4O2S. The molecule has 3 heterocycles. The maximum absolute atomic E-state index is 12.6. The van der Waals surface area contributed by atoms with Crippen LogP contribution in [0.15, 0.2) is 23.6 Å². The fourth-order valence-corrected chi connectivity index (χ4v) is 4.03. The van der Waals surface area contributed by atoms with Gasteiger partial charge in [0.05, 0.1) is 4.88 Å². The second-order valence-electron chi connectivity index (χ2n) is 6.93. The Bertz CT molecular complexity index is 789. The first-order valence-corrected chi connectivity index (χ1v) is 9.71. The number of aromatic nitrogens is 2. The van der Waals surface area contributed by atoms with Crippen LogP contribution in [-0.4, -0.2) is 58.8 Å². The molecule has 0 N–H and O–H groups in total. The van der Waals surface area contributed by atoms with E-state index in [4.69, 9.17) is 0 Å². The standard InChI is InChI=1S/C19H24N4O2S/c1-13-20-15(11-16(21-13)18(24)22(2)3)10-14-6-4-8-23(12-14)19(25)17-7-5-9-26-17/h5,7,9,11,14H,4,6,8,10,12H2,1-3H3. The summed E-state index contributed by atoms with van der Waals surface area (Å²) in [4.78, 5) is 37.8. The van der Waals surface area contributed by atoms with Gasteiger partial charge >= 0.3 is 0 Å². The molecule has 1 aliphatic rings. The molecule has 1 aliphatic heterocycles. The summed E-state index contributed by atoms with van der Waals surface area (Å²) in [5, 5.41) is 1.93. The largest absolute Gasteiger partial charge is 0.343 e. The number of nitrogens with zero attached hydrogens (tertiary/aromatic N) is 4. The Morgan fingerprint density at radius 2 is 2.15 bits per heavy atom. The Balaban J connectivity index is 1.70. The van der Waals surface area contributed by atoms with Crippen molar-refractivity contribution in [3.63, 3.8) is 0 Å². The van der Waals surface area contributed by atoms with Crippen molar-refractivity contribution in [2.75, 3.05) is 27.2 Å². The zero-order valence-electron chi connectivity index (χ0n) is 15.4. The molecule has 138 valence electrons. The van der Waals surface area contributed by atoms with Crippen molar-refractivity contribution in [1.29, 1.82) is 0 Å². The number of amides is 2. The van der Waals surface area contributed by atoms with Gasteiger partial charge < -0.3 is 9.80 Å². The first-order valence-electron chi connectivity index (χ1n) is 8.83. The first kappa shape index (κ1) is 18.5. The summed E-state index contributed by atoms with van der Waals surface area (Å²) in [5.41, 5.74) is 1.30. The number of hydrogen-bond donors (Lipinski definition) is 0. The number of thiophene rings is 1. The predicted octanol–water partition coefficient (Wildman–Crippen LogP) is 2.64. The molecular weight excluding hydrogens is 348 g/mol. The Hall–Kier alpha value is -2.28. The van der Waals surface area contributed by atoms with E-state index in [9.17, 15) is 9.59 Å². The molecule has 1 atom stereocenters. The predicted molar refractivity (Wildman–Crippen MR) is 101 cm³/mol. The molecule has 26 heavy (non-hydrogen) atoms. The van der Waals surface area contributed by atoms with Gasteiger partial charge in [0.1, 0.15) is 11.5 Å². The number of carbonyl (C=O) groups is 2. The minimum absolute atomic E-state index is 0.116. The maximum atomic E-state index is 12.6. The summed E-state index contributed by atoms with van der Waals surface area (Å²) in [5.74, 6) is 0.959. The molecule has 2 aromatic heterocycles. The summed E-state index contributed by atoms with van der Waals surface area (Å²) in [6, 6.07) is 5.57. The van der Waals surface area contributed by atoms with Gasteiger partial charge in [-0.1, -0.05) is 6.07 Å². The lowest BCUT2D eigenvalue weighted by atomic mass is 9.93. The Labute approximate surface area is 157 Å². The molecule has 1 saturated heterocycles. The van der Waals surface area contributed by atoms with E-state index >= 15 is 0 Å². The molecule has 2 aromatic rings. The topological polar surface area (TPSA) is 66.4 Å². The Morgan fingerprint density at radius 3 is 2.85 bits per heavy atom. The molecule has 0 bridgehead atoms. The molecule has 3 rings (SSSR count). The van der Waals surface area contributed by atoms with Gasteiger partial charge in [-0.3, -0.25) is 9.59 Å². The highest BCUT2D eigenvalue weighted by Crippen LogP contribution is 2.23. The van der Waals surface area contributed by atoms with E-state index in [1.165, 1.54) is 16.2 Å². The van der Waals surface area contributed by atoms with Crippen LogP contribution in [-0.2, 0) is 6.42 Å². The van der Waals surface area contributed by atoms with Crippen molar-refractivity contribution < 1.29 is 9.59 Å². The number of aryl methyl sites for hydroxylation is 1. The molecule has 1 unspecified atom stereocenters. The van der Waals surface area contributed by atoms with E-state index in [1.54, 1.807) is 20.2 Å². The molecule has 0 aromatic carbocycles. The fraction of sp³-hybridized carbons (Fsp3) is 0.474. The normalized spacial score (nSPS) is 17.2. The molecule has 0 radical (unpaired) electrons. The molecule has 2 amide bonds. The van der Waals surface area contributed by atoms with Crippen LogP contribution in [0.5, 0.6) is 0 Å². The number of carbonyl (C=O) groups excluding carboxylic acids is 2. The van der Waals surface area contributed by atoms with Crippen molar-refractivity contribution in [2.45, 2.75) is 26.2 Å². The van der Waals surface area contributed by atoms with Crippen molar-refractivity contribution >= 4 is 23.2 Å². The molecule has 6 nitrogen and oxygen atoms in total. The van der Waals surface area contributed by atoms with Crippen LogP contribution in [0.25, 0.3) is 0 Å². The van der Waals surface area contributed by atoms with E-state index in [2.05, 4.69) is 9.97 Å². The second-order valence-corrected chi connectivity index (χ2v) is 7.88. The first-order chi connectivity index (χ1) is 12.4. The number of piperidine rings is 1. The molecule has 7 heteroatoms. The summed E-state index contributed by atoms with van der Waals surface area (Å²) >= 11 is 1.49. The van der Waals surface area contributed by atoms with Crippen LogP contribution in [0.3, 0.4) is 0 Å². The summed E-state index contributed by atoms with van der Waals surface area (Å²) < 4.78 is 0. The molecule has 0 saturated carbocycles. The van der Waals surface area contributed by atoms with Gasteiger partial charge in [-0.05, 0) is 49.6 Å². The van der Waals surface area contributed by atoms with E-state index in [-0.39, 0.29) is 11.8 Å². The summed E-state index contributed by atoms with van der Waals surface area (Å²) in [6.45, 7) is 3.35. The van der Waals surface area contributed by atoms with Crippen LogP contribution in [0.4, 0.5) is 0 Å². The van der Waals surface area contributed by atoms with Gasteiger partial charge in [-0.25, -0.2) is 9.97 Å². The van der Waals surface area contributed by atoms with E-state index < -0.39 is 0 Å². The van der Waals surface area contributed by atoms with Crippen molar-refractivity contribution in [3.05, 3.63) is 45.7 Å². The SMILES string of the molecule is Cc1nc(CC2CCCN(C(=O)c3cccs3)C2)cc(C(=O)N(C)C)n1. The minimum atomic E-state index is -0.116. The van der Waals surface area contributed by atoms with Crippen LogP contribution in [0.2, 0.25) is 0 Å². The average molecular weight is 372 g/mol. The smallest absolute Gasteiger partial charge is 0.272 e. The highest BCUT2D eigenvalue weighted by molar-refractivity contribution is 7.12. The zero-order chi connectivity index (χ0) is 18.7. The van der Waals surface area contributed by atoms with Gasteiger partial charge in [-0.15, -0.1) is 11.3 Å². The zero-order valence-corrected chi connectivity index (χ0v) is 16.3. The van der Waals surface area contributed by atoms with Gasteiger partial charge in [0.2, 0.25) is 0 Å². The van der Waals surface area contributed by atoms with E-state index in [0.29, 0.717) is 17.4 Å². The summed E-state index contributed by atoms with van der Waals surface area (Å²) in [6.07, 6.45) is 2.81. The third kappa shape index (κ3) is 4.27. The number of likely N-dealkylation sites (tertiary alicyclic amines) is 1. The summed E-state index contributed by atoms with van der Waals surface area (Å²) in [7, 11) is 3.43. The number of hydrogen-bond acceptors (Lipinski definition) is 5. The van der Waals surface area contributed by atoms with Crippen LogP contribution >= 0.6 is 11.3 Å². The Morgan fingerprint density at radius 1 is 1.35 bits per heavy atom. The van der Waals surface area contributed by atoms with Crippen molar-refractivity contribution in [3.8, 4) is 0 Å². The monoisotopic (exact) mass is 372 g/mol. The molecule has 0 aliphatic carbocycles. The van der Waals surface area contributed by atoms with Gasteiger partial charge in [0.25, 0.3) is 11.8 Å². The highest BCUT2D eigenvalue weighted by Gasteiger charge is 2.26. The number of rotatable bonds is 4. The Kier molecular flexibility index (Phi) is 5.66. The van der Waals surface area contributed by atoms with Crippen LogP contribution in [0.1, 0.15) is 44.5 Å². The quantitative estimate of drug-likeness (QED) is 0.827. The van der Waals surface area contributed by atoms with Crippen molar-refractivity contribution in [1.82, 2.24) is 19.8 Å². The lowest BCUT2D eigenvalue weighted by molar-refractivity contribution is 0.0677. The van der Waals surface area contributed by atoms with E-state index in [0.717, 1.165) is 42.9 Å². The lowest BCUT2D eigenvalue weighted by Gasteiger charge is -2.32. The third-order valence-corrected chi connectivity index (χ3v) is 5.41. The molecule has 1 fully saturated rings. The average Bonchev–Trinajstić information content (AvgIpc) is 3.14. The minimum Gasteiger partial charge on any atom is -0.343 e. The highest BCUT2D eigenvalue weighted by atomic mass is 32.1. The van der Waals surface area contributed by atoms with Crippen molar-refractivity contribution in [2.24, 2.45) is 5.92 Å². The van der Waals surface area contributed by atoms with E-state index in [1.807, 2.05) is 29.3 Å². The lowest BCUT2D eigenvalue weighted by Crippen LogP contribution is -2.40. The van der Waals surface area contributed by atoms with Crippen LogP contribution < -0.4 is 0 Å². The van der Waals surface area contributed by atoms with Gasteiger partial charge in [0, 0.05) is 32.9 Å². The third-order valence-electron chi connectivity index (χ3n) is 4.55. The van der Waals surface area contributed by atoms with Gasteiger partial charge in [0.15, 0.2) is 0 Å². The maximum Gasteiger partial charge on any atom is 0.272 e. The molecule has 0 spiro atoms. The fourth-order valence-electron chi connectivity index (χ4n) is 3.34. The van der Waals surface area contributed by atoms with Gasteiger partial charge in [-0.2, -0.15) is 0 Å². The second kappa shape index (κ2) is 7.95.